The van der Waals surface area contributed by atoms with Crippen molar-refractivity contribution in [2.75, 3.05) is 12.0 Å². The van der Waals surface area contributed by atoms with E-state index in [1.54, 1.807) is 31.4 Å². The van der Waals surface area contributed by atoms with Crippen LogP contribution in [0.4, 0.5) is 5.69 Å². The van der Waals surface area contributed by atoms with Crippen molar-refractivity contribution >= 4 is 23.3 Å². The van der Waals surface area contributed by atoms with E-state index < -0.39 is 17.8 Å². The summed E-state index contributed by atoms with van der Waals surface area (Å²) in [5.74, 6) is -1.44. The van der Waals surface area contributed by atoms with Crippen LogP contribution in [0.15, 0.2) is 48.5 Å². The maximum Gasteiger partial charge on any atom is 0.238 e. The minimum Gasteiger partial charge on any atom is -0.497 e. The van der Waals surface area contributed by atoms with Gasteiger partial charge in [0.15, 0.2) is 0 Å². The minimum absolute atomic E-state index is 0.0766. The molecule has 3 aliphatic carbocycles. The Kier molecular flexibility index (Phi) is 3.11. The van der Waals surface area contributed by atoms with Gasteiger partial charge in [-0.25, -0.2) is 0 Å². The number of hydrogen-bond acceptors (Lipinski definition) is 4. The zero-order valence-corrected chi connectivity index (χ0v) is 14.2. The number of hydrogen-bond donors (Lipinski definition) is 0. The minimum atomic E-state index is -0.578. The fourth-order valence-corrected chi connectivity index (χ4v) is 4.95. The first-order chi connectivity index (χ1) is 12.6. The highest BCUT2D eigenvalue weighted by Gasteiger charge is 2.62. The lowest BCUT2D eigenvalue weighted by atomic mass is 9.56. The van der Waals surface area contributed by atoms with Gasteiger partial charge in [0.2, 0.25) is 11.8 Å². The van der Waals surface area contributed by atoms with Crippen molar-refractivity contribution in [1.29, 1.82) is 0 Å². The number of benzene rings is 2. The third-order valence-electron chi connectivity index (χ3n) is 6.02. The molecule has 130 valence electrons. The third kappa shape index (κ3) is 1.83. The summed E-state index contributed by atoms with van der Waals surface area (Å²) in [7, 11) is 1.57. The van der Waals surface area contributed by atoms with Gasteiger partial charge >= 0.3 is 0 Å². The Morgan fingerprint density at radius 3 is 2.23 bits per heavy atom. The summed E-state index contributed by atoms with van der Waals surface area (Å²) in [6.45, 7) is 0. The van der Waals surface area contributed by atoms with Crippen LogP contribution in [0.5, 0.6) is 5.75 Å². The first kappa shape index (κ1) is 15.3. The summed E-state index contributed by atoms with van der Waals surface area (Å²) in [5.41, 5.74) is 2.51. The molecule has 1 saturated heterocycles. The van der Waals surface area contributed by atoms with Crippen molar-refractivity contribution in [3.8, 4) is 5.75 Å². The van der Waals surface area contributed by atoms with Crippen LogP contribution in [0.3, 0.4) is 0 Å². The Morgan fingerprint density at radius 1 is 0.885 bits per heavy atom. The van der Waals surface area contributed by atoms with Gasteiger partial charge in [-0.3, -0.25) is 19.3 Å². The molecule has 0 radical (unpaired) electrons. The molecule has 26 heavy (non-hydrogen) atoms. The first-order valence-corrected chi connectivity index (χ1v) is 8.75. The fourth-order valence-electron chi connectivity index (χ4n) is 4.95. The molecule has 1 heterocycles. The van der Waals surface area contributed by atoms with Crippen molar-refractivity contribution in [2.45, 2.75) is 18.3 Å². The quantitative estimate of drug-likeness (QED) is 0.784. The monoisotopic (exact) mass is 347 g/mol. The number of methoxy groups -OCH3 is 1. The van der Waals surface area contributed by atoms with Gasteiger partial charge in [0, 0.05) is 12.3 Å². The summed E-state index contributed by atoms with van der Waals surface area (Å²) in [5, 5.41) is 0. The van der Waals surface area contributed by atoms with E-state index in [1.807, 2.05) is 24.3 Å². The zero-order valence-electron chi connectivity index (χ0n) is 14.2. The molecule has 5 nitrogen and oxygen atoms in total. The number of amides is 2. The van der Waals surface area contributed by atoms with Gasteiger partial charge in [-0.2, -0.15) is 0 Å². The smallest absolute Gasteiger partial charge is 0.238 e. The van der Waals surface area contributed by atoms with Crippen molar-refractivity contribution in [3.63, 3.8) is 0 Å². The van der Waals surface area contributed by atoms with Crippen molar-refractivity contribution in [1.82, 2.24) is 0 Å². The molecular formula is C21H17NO4. The topological polar surface area (TPSA) is 63.7 Å². The van der Waals surface area contributed by atoms with E-state index in [0.29, 0.717) is 17.9 Å². The maximum absolute atomic E-state index is 13.2. The number of ketones is 1. The molecule has 0 N–H and O–H groups in total. The second-order valence-electron chi connectivity index (χ2n) is 7.14. The highest BCUT2D eigenvalue weighted by atomic mass is 16.5. The Bertz CT molecular complexity index is 949. The lowest BCUT2D eigenvalue weighted by molar-refractivity contribution is -0.134. The average Bonchev–Trinajstić information content (AvgIpc) is 2.94. The average molecular weight is 347 g/mol. The Morgan fingerprint density at radius 2 is 1.54 bits per heavy atom. The van der Waals surface area contributed by atoms with Gasteiger partial charge < -0.3 is 4.74 Å². The van der Waals surface area contributed by atoms with Crippen molar-refractivity contribution in [2.24, 2.45) is 11.8 Å². The van der Waals surface area contributed by atoms with E-state index in [4.69, 9.17) is 4.74 Å². The molecule has 0 spiro atoms. The number of ether oxygens (including phenoxy) is 1. The summed E-state index contributed by atoms with van der Waals surface area (Å²) < 4.78 is 5.15. The predicted molar refractivity (Wildman–Crippen MR) is 94.0 cm³/mol. The molecule has 0 unspecified atom stereocenters. The number of rotatable bonds is 2. The van der Waals surface area contributed by atoms with E-state index in [1.165, 1.54) is 4.90 Å². The van der Waals surface area contributed by atoms with E-state index >= 15 is 0 Å². The largest absolute Gasteiger partial charge is 0.497 e. The van der Waals surface area contributed by atoms with Crippen LogP contribution >= 0.6 is 0 Å². The van der Waals surface area contributed by atoms with Crippen LogP contribution < -0.4 is 9.64 Å². The molecule has 2 bridgehead atoms. The molecule has 4 aliphatic rings. The van der Waals surface area contributed by atoms with E-state index in [2.05, 4.69) is 0 Å². The number of imide groups is 1. The van der Waals surface area contributed by atoms with Gasteiger partial charge in [0.1, 0.15) is 11.5 Å². The Labute approximate surface area is 150 Å². The number of carbonyl (C=O) groups is 3. The van der Waals surface area contributed by atoms with Crippen LogP contribution in [0.1, 0.15) is 29.4 Å². The van der Waals surface area contributed by atoms with E-state index in [-0.39, 0.29) is 23.5 Å². The molecule has 2 amide bonds. The van der Waals surface area contributed by atoms with E-state index in [9.17, 15) is 14.4 Å². The van der Waals surface area contributed by atoms with Gasteiger partial charge in [-0.05, 0) is 35.4 Å². The summed E-state index contributed by atoms with van der Waals surface area (Å²) >= 11 is 0. The molecular weight excluding hydrogens is 330 g/mol. The van der Waals surface area contributed by atoms with Gasteiger partial charge in [-0.1, -0.05) is 24.3 Å². The third-order valence-corrected chi connectivity index (χ3v) is 6.02. The summed E-state index contributed by atoms with van der Waals surface area (Å²) in [6, 6.07) is 14.6. The first-order valence-electron chi connectivity index (χ1n) is 8.75. The van der Waals surface area contributed by atoms with Crippen LogP contribution in [0.2, 0.25) is 0 Å². The van der Waals surface area contributed by atoms with Gasteiger partial charge in [0.25, 0.3) is 0 Å². The molecule has 4 atom stereocenters. The van der Waals surface area contributed by atoms with Crippen molar-refractivity contribution in [3.05, 3.63) is 59.7 Å². The number of anilines is 1. The normalized spacial score (nSPS) is 29.0. The van der Waals surface area contributed by atoms with E-state index in [0.717, 1.165) is 11.1 Å². The summed E-state index contributed by atoms with van der Waals surface area (Å²) in [6.07, 6.45) is 0.346. The van der Waals surface area contributed by atoms with Crippen LogP contribution in [0, 0.1) is 11.8 Å². The SMILES string of the molecule is COc1ccc(N2C(=O)[C@@H]3[C@@H](C2=O)[C@@H]2C(=O)C[C@@H]3c3ccccc32)cc1. The molecule has 0 aromatic heterocycles. The number of carbonyl (C=O) groups excluding carboxylic acids is 3. The highest BCUT2D eigenvalue weighted by Crippen LogP contribution is 2.57. The second kappa shape index (κ2) is 5.27. The zero-order chi connectivity index (χ0) is 18.0. The fraction of sp³-hybridized carbons (Fsp3) is 0.286. The predicted octanol–water partition coefficient (Wildman–Crippen LogP) is 2.65. The lowest BCUT2D eigenvalue weighted by Gasteiger charge is -2.43. The molecule has 1 aliphatic heterocycles. The van der Waals surface area contributed by atoms with Gasteiger partial charge in [0.05, 0.1) is 30.6 Å². The Balaban J connectivity index is 1.61. The lowest BCUT2D eigenvalue weighted by Crippen LogP contribution is -2.44. The van der Waals surface area contributed by atoms with Crippen molar-refractivity contribution < 1.29 is 19.1 Å². The molecule has 6 rings (SSSR count). The number of fused-ring (bicyclic) bond motifs is 1. The van der Waals surface area contributed by atoms with Gasteiger partial charge in [-0.15, -0.1) is 0 Å². The van der Waals surface area contributed by atoms with Crippen LogP contribution in [-0.4, -0.2) is 24.7 Å². The molecule has 5 heteroatoms. The molecule has 2 aromatic rings. The number of nitrogens with zero attached hydrogens (tertiary/aromatic N) is 1. The summed E-state index contributed by atoms with van der Waals surface area (Å²) in [4.78, 5) is 40.3. The maximum atomic E-state index is 13.2. The molecule has 2 aromatic carbocycles. The molecule has 1 saturated carbocycles. The number of Topliss-reactive ketones (excluding diaryl/α,β-unsaturated/α-hetero) is 1. The van der Waals surface area contributed by atoms with Crippen LogP contribution in [-0.2, 0) is 14.4 Å². The second-order valence-corrected chi connectivity index (χ2v) is 7.14. The highest BCUT2D eigenvalue weighted by molar-refractivity contribution is 6.24. The Hall–Kier alpha value is -2.95. The standard InChI is InChI=1S/C21H17NO4/c1-26-12-8-6-11(7-9-12)22-20(24)18-15-10-16(23)17(19(18)21(22)25)14-5-3-2-4-13(14)15/h2-9,15,17-19H,10H2,1H3/t15-,17+,18+,19+/m1/s1. The van der Waals surface area contributed by atoms with Crippen LogP contribution in [0.25, 0.3) is 0 Å². The molecule has 2 fully saturated rings.